The normalized spacial score (nSPS) is 15.2. The molecule has 1 aromatic carbocycles. The molecule has 0 aromatic heterocycles. The van der Waals surface area contributed by atoms with Gasteiger partial charge < -0.3 is 25.4 Å². The molecule has 1 unspecified atom stereocenters. The number of benzene rings is 1. The van der Waals surface area contributed by atoms with Crippen molar-refractivity contribution in [3.8, 4) is 0 Å². The molecule has 1 aromatic rings. The van der Waals surface area contributed by atoms with Gasteiger partial charge in [-0.15, -0.1) is 0 Å². The highest BCUT2D eigenvalue weighted by Gasteiger charge is 2.48. The molecule has 2 rings (SSSR count). The zero-order chi connectivity index (χ0) is 27.5. The highest BCUT2D eigenvalue weighted by molar-refractivity contribution is 6.16. The summed E-state index contributed by atoms with van der Waals surface area (Å²) in [7, 11) is 0. The molecular weight excluding hydrogens is 494 g/mol. The first-order valence-corrected chi connectivity index (χ1v) is 11.3. The number of hydrogen-bond acceptors (Lipinski definition) is 8. The SMILES string of the molecule is O=C(O)CC[C@@H](C(=O)O)N1C(=O)CC(=O)N(C(CCCCNC(=O)OCc2ccccc2)C(=O)O)C1=O. The highest BCUT2D eigenvalue weighted by atomic mass is 16.5. The number of carboxylic acids is 3. The van der Waals surface area contributed by atoms with Gasteiger partial charge in [0.25, 0.3) is 0 Å². The summed E-state index contributed by atoms with van der Waals surface area (Å²) in [6, 6.07) is 3.94. The summed E-state index contributed by atoms with van der Waals surface area (Å²) in [5.74, 6) is -6.86. The first-order chi connectivity index (χ1) is 17.5. The van der Waals surface area contributed by atoms with Crippen LogP contribution in [0.25, 0.3) is 0 Å². The fourth-order valence-electron chi connectivity index (χ4n) is 3.66. The molecular formula is C23H27N3O11. The highest BCUT2D eigenvalue weighted by Crippen LogP contribution is 2.23. The maximum Gasteiger partial charge on any atom is 0.407 e. The van der Waals surface area contributed by atoms with Gasteiger partial charge in [0, 0.05) is 13.0 Å². The predicted molar refractivity (Wildman–Crippen MR) is 122 cm³/mol. The van der Waals surface area contributed by atoms with Crippen LogP contribution in [0.15, 0.2) is 30.3 Å². The number of urea groups is 1. The van der Waals surface area contributed by atoms with Crippen LogP contribution in [-0.2, 0) is 35.3 Å². The van der Waals surface area contributed by atoms with Gasteiger partial charge in [-0.3, -0.25) is 14.4 Å². The summed E-state index contributed by atoms with van der Waals surface area (Å²) in [5.41, 5.74) is 0.790. The summed E-state index contributed by atoms with van der Waals surface area (Å²) in [6.07, 6.45) is -2.75. The van der Waals surface area contributed by atoms with E-state index in [2.05, 4.69) is 5.32 Å². The van der Waals surface area contributed by atoms with E-state index < -0.39 is 73.2 Å². The van der Waals surface area contributed by atoms with E-state index in [1.54, 1.807) is 24.3 Å². The fourth-order valence-corrected chi connectivity index (χ4v) is 3.66. The van der Waals surface area contributed by atoms with Crippen molar-refractivity contribution in [1.29, 1.82) is 0 Å². The van der Waals surface area contributed by atoms with Crippen LogP contribution in [-0.4, -0.2) is 85.6 Å². The second-order valence-electron chi connectivity index (χ2n) is 8.11. The summed E-state index contributed by atoms with van der Waals surface area (Å²) in [4.78, 5) is 84.3. The van der Waals surface area contributed by atoms with E-state index in [1.165, 1.54) is 0 Å². The Balaban J connectivity index is 1.95. The Hall–Kier alpha value is -4.49. The molecule has 1 fully saturated rings. The van der Waals surface area contributed by atoms with Crippen molar-refractivity contribution in [2.75, 3.05) is 6.54 Å². The molecule has 5 amide bonds. The molecule has 14 nitrogen and oxygen atoms in total. The Morgan fingerprint density at radius 1 is 0.865 bits per heavy atom. The van der Waals surface area contributed by atoms with Gasteiger partial charge in [0.05, 0.1) is 0 Å². The third kappa shape index (κ3) is 8.30. The Morgan fingerprint density at radius 2 is 1.43 bits per heavy atom. The summed E-state index contributed by atoms with van der Waals surface area (Å²) in [5, 5.41) is 30.4. The van der Waals surface area contributed by atoms with E-state index in [4.69, 9.17) is 9.84 Å². The van der Waals surface area contributed by atoms with E-state index in [-0.39, 0.29) is 37.3 Å². The number of unbranched alkanes of at least 4 members (excludes halogenated alkanes) is 1. The lowest BCUT2D eigenvalue weighted by Gasteiger charge is -2.38. The number of nitrogens with zero attached hydrogens (tertiary/aromatic N) is 2. The van der Waals surface area contributed by atoms with Crippen molar-refractivity contribution in [1.82, 2.24) is 15.1 Å². The predicted octanol–water partition coefficient (Wildman–Crippen LogP) is 1.04. The van der Waals surface area contributed by atoms with E-state index in [0.29, 0.717) is 4.90 Å². The number of barbiturate groups is 1. The van der Waals surface area contributed by atoms with Crippen LogP contribution in [0.5, 0.6) is 0 Å². The van der Waals surface area contributed by atoms with Crippen LogP contribution < -0.4 is 5.32 Å². The minimum Gasteiger partial charge on any atom is -0.481 e. The first kappa shape index (κ1) is 28.7. The molecule has 37 heavy (non-hydrogen) atoms. The largest absolute Gasteiger partial charge is 0.481 e. The molecule has 4 N–H and O–H groups in total. The number of aliphatic carboxylic acids is 3. The van der Waals surface area contributed by atoms with E-state index in [1.807, 2.05) is 6.07 Å². The smallest absolute Gasteiger partial charge is 0.407 e. The van der Waals surface area contributed by atoms with Crippen LogP contribution in [0.2, 0.25) is 0 Å². The average molecular weight is 521 g/mol. The Bertz CT molecular complexity index is 1040. The molecule has 0 aliphatic carbocycles. The van der Waals surface area contributed by atoms with Crippen molar-refractivity contribution in [3.05, 3.63) is 35.9 Å². The fraction of sp³-hybridized carbons (Fsp3) is 0.435. The van der Waals surface area contributed by atoms with Crippen molar-refractivity contribution in [2.24, 2.45) is 0 Å². The minimum absolute atomic E-state index is 0.0615. The van der Waals surface area contributed by atoms with Gasteiger partial charge in [-0.25, -0.2) is 29.0 Å². The molecule has 0 radical (unpaired) electrons. The number of carbonyl (C=O) groups excluding carboxylic acids is 4. The molecule has 1 heterocycles. The zero-order valence-corrected chi connectivity index (χ0v) is 19.7. The number of amides is 5. The minimum atomic E-state index is -1.88. The van der Waals surface area contributed by atoms with Crippen LogP contribution in [0.3, 0.4) is 0 Å². The number of nitrogens with one attached hydrogen (secondary N) is 1. The summed E-state index contributed by atoms with van der Waals surface area (Å²) < 4.78 is 5.05. The molecule has 200 valence electrons. The Labute approximate surface area is 210 Å². The van der Waals surface area contributed by atoms with Gasteiger partial charge in [-0.05, 0) is 31.2 Å². The van der Waals surface area contributed by atoms with Gasteiger partial charge in [-0.2, -0.15) is 0 Å². The van der Waals surface area contributed by atoms with Crippen LogP contribution in [0.1, 0.15) is 44.1 Å². The van der Waals surface area contributed by atoms with Crippen molar-refractivity contribution in [3.63, 3.8) is 0 Å². The number of rotatable bonds is 14. The Morgan fingerprint density at radius 3 is 1.97 bits per heavy atom. The van der Waals surface area contributed by atoms with Crippen molar-refractivity contribution >= 4 is 41.8 Å². The molecule has 1 aliphatic heterocycles. The van der Waals surface area contributed by atoms with Crippen LogP contribution >= 0.6 is 0 Å². The topological polar surface area (TPSA) is 208 Å². The average Bonchev–Trinajstić information content (AvgIpc) is 2.83. The van der Waals surface area contributed by atoms with Crippen molar-refractivity contribution in [2.45, 2.75) is 57.2 Å². The Kier molecular flexibility index (Phi) is 10.5. The molecule has 0 bridgehead atoms. The molecule has 0 spiro atoms. The van der Waals surface area contributed by atoms with E-state index in [9.17, 15) is 43.8 Å². The maximum atomic E-state index is 12.9. The standard InChI is InChI=1S/C23H27N3O11/c27-17-12-18(28)26(16(21(33)34)9-10-19(29)30)23(36)25(17)15(20(31)32)8-4-5-11-24-22(35)37-13-14-6-2-1-3-7-14/h1-3,6-7,15-16H,4-5,8-13H2,(H,24,35)(H,29,30)(H,31,32)(H,33,34)/t15?,16-/m0/s1. The second kappa shape index (κ2) is 13.6. The lowest BCUT2D eigenvalue weighted by Crippen LogP contribution is -2.63. The van der Waals surface area contributed by atoms with Crippen molar-refractivity contribution < 1.29 is 53.6 Å². The van der Waals surface area contributed by atoms with Crippen LogP contribution in [0.4, 0.5) is 9.59 Å². The van der Waals surface area contributed by atoms with Gasteiger partial charge in [0.15, 0.2) is 0 Å². The van der Waals surface area contributed by atoms with Gasteiger partial charge in [0.1, 0.15) is 25.1 Å². The molecule has 1 saturated heterocycles. The molecule has 2 atom stereocenters. The van der Waals surface area contributed by atoms with Gasteiger partial charge in [0.2, 0.25) is 11.8 Å². The third-order valence-corrected chi connectivity index (χ3v) is 5.46. The van der Waals surface area contributed by atoms with Gasteiger partial charge in [-0.1, -0.05) is 30.3 Å². The number of carbonyl (C=O) groups is 7. The quantitative estimate of drug-likeness (QED) is 0.201. The third-order valence-electron chi connectivity index (χ3n) is 5.46. The number of alkyl carbamates (subject to hydrolysis) is 1. The zero-order valence-electron chi connectivity index (χ0n) is 19.7. The van der Waals surface area contributed by atoms with Crippen LogP contribution in [0, 0.1) is 0 Å². The number of hydrogen-bond donors (Lipinski definition) is 4. The monoisotopic (exact) mass is 521 g/mol. The number of carboxylic acid groups (broad SMARTS) is 3. The summed E-state index contributed by atoms with van der Waals surface area (Å²) in [6.45, 7) is 0.175. The lowest BCUT2D eigenvalue weighted by atomic mass is 10.0. The number of imide groups is 2. The maximum absolute atomic E-state index is 12.9. The van der Waals surface area contributed by atoms with E-state index in [0.717, 1.165) is 5.56 Å². The molecule has 0 saturated carbocycles. The number of ether oxygens (including phenoxy) is 1. The molecule has 14 heteroatoms. The lowest BCUT2D eigenvalue weighted by molar-refractivity contribution is -0.158. The van der Waals surface area contributed by atoms with E-state index >= 15 is 0 Å². The first-order valence-electron chi connectivity index (χ1n) is 11.3. The summed E-state index contributed by atoms with van der Waals surface area (Å²) >= 11 is 0. The van der Waals surface area contributed by atoms with Gasteiger partial charge >= 0.3 is 30.0 Å². The molecule has 1 aliphatic rings. The second-order valence-corrected chi connectivity index (χ2v) is 8.11.